The molecule has 0 aromatic heterocycles. The molecule has 0 radical (unpaired) electrons. The molecular weight excluding hydrogens is 268 g/mol. The maximum absolute atomic E-state index is 5.64. The second kappa shape index (κ2) is 6.53. The highest BCUT2D eigenvalue weighted by Crippen LogP contribution is 2.33. The number of thioether (sulfide) groups is 1. The fourth-order valence-corrected chi connectivity index (χ4v) is 3.50. The number of nitrogens with zero attached hydrogens (tertiary/aromatic N) is 1. The molecule has 110 valence electrons. The monoisotopic (exact) mass is 292 g/mol. The van der Waals surface area contributed by atoms with E-state index in [1.165, 1.54) is 0 Å². The number of amidine groups is 1. The maximum atomic E-state index is 5.64. The lowest BCUT2D eigenvalue weighted by Crippen LogP contribution is -2.24. The molecule has 0 bridgehead atoms. The predicted octanol–water partition coefficient (Wildman–Crippen LogP) is 4.55. The molecule has 0 saturated carbocycles. The van der Waals surface area contributed by atoms with E-state index in [1.807, 2.05) is 49.9 Å². The third-order valence-electron chi connectivity index (χ3n) is 3.61. The van der Waals surface area contributed by atoms with Gasteiger partial charge in [0.25, 0.3) is 0 Å². The van der Waals surface area contributed by atoms with E-state index in [4.69, 9.17) is 9.73 Å². The van der Waals surface area contributed by atoms with Crippen molar-refractivity contribution in [1.29, 1.82) is 0 Å². The molecule has 1 aromatic carbocycles. The van der Waals surface area contributed by atoms with Crippen LogP contribution < -0.4 is 10.1 Å². The number of anilines is 1. The average Bonchev–Trinajstić information content (AvgIpc) is 2.84. The Morgan fingerprint density at radius 1 is 1.25 bits per heavy atom. The number of nitrogens with one attached hydrogen (secondary N) is 1. The first-order valence-corrected chi connectivity index (χ1v) is 8.32. The van der Waals surface area contributed by atoms with Crippen LogP contribution >= 0.6 is 11.8 Å². The number of hydrogen-bond acceptors (Lipinski definition) is 4. The van der Waals surface area contributed by atoms with Gasteiger partial charge in [0.1, 0.15) is 5.75 Å². The summed E-state index contributed by atoms with van der Waals surface area (Å²) in [4.78, 5) is 4.86. The van der Waals surface area contributed by atoms with Gasteiger partial charge in [-0.1, -0.05) is 25.6 Å². The van der Waals surface area contributed by atoms with Crippen molar-refractivity contribution in [2.24, 2.45) is 4.99 Å². The fourth-order valence-electron chi connectivity index (χ4n) is 2.17. The van der Waals surface area contributed by atoms with Crippen LogP contribution in [-0.4, -0.2) is 22.6 Å². The van der Waals surface area contributed by atoms with Gasteiger partial charge < -0.3 is 10.1 Å². The maximum Gasteiger partial charge on any atom is 0.161 e. The Balaban J connectivity index is 2.00. The summed E-state index contributed by atoms with van der Waals surface area (Å²) in [5, 5.41) is 4.44. The van der Waals surface area contributed by atoms with Crippen molar-refractivity contribution in [1.82, 2.24) is 0 Å². The van der Waals surface area contributed by atoms with E-state index in [0.717, 1.165) is 35.2 Å². The third kappa shape index (κ3) is 3.69. The molecule has 3 nitrogen and oxygen atoms in total. The van der Waals surface area contributed by atoms with Gasteiger partial charge in [-0.3, -0.25) is 4.99 Å². The standard InChI is InChI=1S/C16H24N2OS/c1-5-16(6-2)11-20-15(18-16)17-13-7-9-14(10-8-13)19-12(3)4/h7-10,12H,5-6,11H2,1-4H3,(H,17,18). The van der Waals surface area contributed by atoms with Crippen LogP contribution in [0.2, 0.25) is 0 Å². The molecule has 1 aromatic rings. The Morgan fingerprint density at radius 3 is 2.40 bits per heavy atom. The minimum absolute atomic E-state index is 0.133. The molecule has 0 amide bonds. The molecular formula is C16H24N2OS. The number of benzene rings is 1. The summed E-state index contributed by atoms with van der Waals surface area (Å²) in [6.07, 6.45) is 2.41. The number of rotatable bonds is 5. The first-order chi connectivity index (χ1) is 9.57. The van der Waals surface area contributed by atoms with Gasteiger partial charge in [-0.2, -0.15) is 0 Å². The summed E-state index contributed by atoms with van der Waals surface area (Å²) in [5.74, 6) is 1.99. The topological polar surface area (TPSA) is 33.6 Å². The molecule has 0 spiro atoms. The van der Waals surface area contributed by atoms with E-state index in [-0.39, 0.29) is 11.6 Å². The van der Waals surface area contributed by atoms with Gasteiger partial charge in [0.05, 0.1) is 11.6 Å². The zero-order valence-corrected chi connectivity index (χ0v) is 13.6. The summed E-state index contributed by atoms with van der Waals surface area (Å²) in [6.45, 7) is 8.50. The number of hydrogen-bond donors (Lipinski definition) is 1. The van der Waals surface area contributed by atoms with Crippen LogP contribution in [0.15, 0.2) is 29.3 Å². The molecule has 1 aliphatic heterocycles. The van der Waals surface area contributed by atoms with Crippen molar-refractivity contribution in [3.05, 3.63) is 24.3 Å². The SMILES string of the molecule is CCC1(CC)CSC(Nc2ccc(OC(C)C)cc2)=N1. The summed E-state index contributed by atoms with van der Waals surface area (Å²) in [6, 6.07) is 8.07. The minimum atomic E-state index is 0.133. The Morgan fingerprint density at radius 2 is 1.90 bits per heavy atom. The molecule has 0 saturated heterocycles. The Labute approximate surface area is 126 Å². The van der Waals surface area contributed by atoms with Crippen molar-refractivity contribution >= 4 is 22.6 Å². The van der Waals surface area contributed by atoms with Crippen LogP contribution in [-0.2, 0) is 0 Å². The predicted molar refractivity (Wildman–Crippen MR) is 89.0 cm³/mol. The van der Waals surface area contributed by atoms with Crippen molar-refractivity contribution < 1.29 is 4.74 Å². The Bertz CT molecular complexity index is 464. The van der Waals surface area contributed by atoms with Crippen LogP contribution in [0, 0.1) is 0 Å². The van der Waals surface area contributed by atoms with E-state index >= 15 is 0 Å². The molecule has 20 heavy (non-hydrogen) atoms. The highest BCUT2D eigenvalue weighted by molar-refractivity contribution is 8.14. The van der Waals surface area contributed by atoms with Crippen LogP contribution in [0.4, 0.5) is 5.69 Å². The van der Waals surface area contributed by atoms with Crippen molar-refractivity contribution in [2.75, 3.05) is 11.1 Å². The molecule has 2 rings (SSSR count). The van der Waals surface area contributed by atoms with E-state index in [1.54, 1.807) is 0 Å². The van der Waals surface area contributed by atoms with Gasteiger partial charge in [-0.05, 0) is 51.0 Å². The van der Waals surface area contributed by atoms with Gasteiger partial charge in [-0.25, -0.2) is 0 Å². The highest BCUT2D eigenvalue weighted by atomic mass is 32.2. The van der Waals surface area contributed by atoms with E-state index in [0.29, 0.717) is 0 Å². The van der Waals surface area contributed by atoms with E-state index in [9.17, 15) is 0 Å². The zero-order valence-electron chi connectivity index (χ0n) is 12.8. The average molecular weight is 292 g/mol. The summed E-state index contributed by atoms with van der Waals surface area (Å²) < 4.78 is 5.64. The minimum Gasteiger partial charge on any atom is -0.491 e. The van der Waals surface area contributed by atoms with Crippen molar-refractivity contribution in [3.63, 3.8) is 0 Å². The Hall–Kier alpha value is -1.16. The van der Waals surface area contributed by atoms with Gasteiger partial charge >= 0.3 is 0 Å². The lowest BCUT2D eigenvalue weighted by Gasteiger charge is -2.20. The first kappa shape index (κ1) is 15.2. The normalized spacial score (nSPS) is 17.1. The van der Waals surface area contributed by atoms with Gasteiger partial charge in [0.2, 0.25) is 0 Å². The first-order valence-electron chi connectivity index (χ1n) is 7.33. The quantitative estimate of drug-likeness (QED) is 0.864. The molecule has 1 N–H and O–H groups in total. The van der Waals surface area contributed by atoms with Crippen molar-refractivity contribution in [2.45, 2.75) is 52.2 Å². The third-order valence-corrected chi connectivity index (χ3v) is 4.76. The summed E-state index contributed by atoms with van der Waals surface area (Å²) >= 11 is 1.82. The van der Waals surface area contributed by atoms with Crippen LogP contribution in [0.3, 0.4) is 0 Å². The second-order valence-electron chi connectivity index (χ2n) is 5.45. The van der Waals surface area contributed by atoms with Crippen LogP contribution in [0.5, 0.6) is 5.75 Å². The molecule has 0 fully saturated rings. The molecule has 0 aliphatic carbocycles. The number of aliphatic imine (C=N–C) groups is 1. The molecule has 0 unspecified atom stereocenters. The zero-order chi connectivity index (χ0) is 14.6. The van der Waals surface area contributed by atoms with E-state index < -0.39 is 0 Å². The second-order valence-corrected chi connectivity index (χ2v) is 6.42. The largest absolute Gasteiger partial charge is 0.491 e. The smallest absolute Gasteiger partial charge is 0.161 e. The van der Waals surface area contributed by atoms with Gasteiger partial charge in [0, 0.05) is 11.4 Å². The fraction of sp³-hybridized carbons (Fsp3) is 0.562. The lowest BCUT2D eigenvalue weighted by atomic mass is 9.97. The summed E-state index contributed by atoms with van der Waals surface area (Å²) in [7, 11) is 0. The van der Waals surface area contributed by atoms with Crippen LogP contribution in [0.25, 0.3) is 0 Å². The lowest BCUT2D eigenvalue weighted by molar-refractivity contribution is 0.242. The molecule has 1 heterocycles. The van der Waals surface area contributed by atoms with Gasteiger partial charge in [-0.15, -0.1) is 0 Å². The van der Waals surface area contributed by atoms with E-state index in [2.05, 4.69) is 19.2 Å². The van der Waals surface area contributed by atoms with Crippen molar-refractivity contribution in [3.8, 4) is 5.75 Å². The van der Waals surface area contributed by atoms with Crippen LogP contribution in [0.1, 0.15) is 40.5 Å². The summed E-state index contributed by atoms with van der Waals surface area (Å²) in [5.41, 5.74) is 1.20. The Kier molecular flexibility index (Phi) is 4.97. The van der Waals surface area contributed by atoms with Gasteiger partial charge in [0.15, 0.2) is 5.17 Å². The number of ether oxygens (including phenoxy) is 1. The molecule has 4 heteroatoms. The molecule has 0 atom stereocenters. The highest BCUT2D eigenvalue weighted by Gasteiger charge is 2.31. The molecule has 1 aliphatic rings.